The molecule has 0 aromatic carbocycles. The molecule has 11 nitrogen and oxygen atoms in total. The highest BCUT2D eigenvalue weighted by molar-refractivity contribution is 7.09. The molecule has 5 amide bonds. The number of hydrogen-bond donors (Lipinski definition) is 4. The van der Waals surface area contributed by atoms with Crippen molar-refractivity contribution in [2.45, 2.75) is 129 Å². The Morgan fingerprint density at radius 2 is 1.73 bits per heavy atom. The number of likely N-dealkylation sites (tertiary alicyclic amines) is 1. The van der Waals surface area contributed by atoms with Gasteiger partial charge in [-0.15, -0.1) is 11.3 Å². The standard InChI is InChI=1S/C33H52N6O5S/c1-20(2)22-12-16-39(25(22)29(42)36-23(26(40)28(34)41)18-21-10-9-11-21)30(43)27(32(3,4)5)37-31(44)38-33(13-7-6-8-14-33)19-24-35-15-17-45-24/h15,17,20-23,25,27H,6-14,16,18-19H2,1-5H3,(H2,34,41)(H,36,42)(H2,37,38,44)/t22-,23?,25+,27-/m1/s1. The van der Waals surface area contributed by atoms with Gasteiger partial charge in [-0.3, -0.25) is 19.2 Å². The summed E-state index contributed by atoms with van der Waals surface area (Å²) in [5.41, 5.74) is 4.25. The number of nitrogens with zero attached hydrogens (tertiary/aromatic N) is 2. The van der Waals surface area contributed by atoms with Crippen LogP contribution in [0.5, 0.6) is 0 Å². The van der Waals surface area contributed by atoms with E-state index in [0.29, 0.717) is 25.8 Å². The number of nitrogens with one attached hydrogen (secondary N) is 3. The summed E-state index contributed by atoms with van der Waals surface area (Å²) in [6.45, 7) is 10.1. The summed E-state index contributed by atoms with van der Waals surface area (Å²) in [5, 5.41) is 12.0. The molecule has 1 aromatic rings. The van der Waals surface area contributed by atoms with Gasteiger partial charge < -0.3 is 26.6 Å². The number of hydrogen-bond acceptors (Lipinski definition) is 7. The fourth-order valence-corrected chi connectivity index (χ4v) is 8.01. The van der Waals surface area contributed by atoms with Gasteiger partial charge in [0.25, 0.3) is 5.91 Å². The second-order valence-electron chi connectivity index (χ2n) is 14.8. The smallest absolute Gasteiger partial charge is 0.315 e. The number of aromatic nitrogens is 1. The van der Waals surface area contributed by atoms with Crippen LogP contribution in [0.25, 0.3) is 0 Å². The first-order chi connectivity index (χ1) is 21.2. The Morgan fingerprint density at radius 1 is 1.04 bits per heavy atom. The van der Waals surface area contributed by atoms with Gasteiger partial charge in [0.05, 0.1) is 11.0 Å². The first kappa shape index (κ1) is 34.8. The van der Waals surface area contributed by atoms with Crippen LogP contribution >= 0.6 is 11.3 Å². The van der Waals surface area contributed by atoms with Gasteiger partial charge in [-0.2, -0.15) is 0 Å². The minimum atomic E-state index is -1.08. The van der Waals surface area contributed by atoms with E-state index in [9.17, 15) is 24.0 Å². The number of Topliss-reactive ketones (excluding diaryl/α,β-unsaturated/α-hetero) is 1. The second-order valence-corrected chi connectivity index (χ2v) is 15.8. The zero-order valence-electron chi connectivity index (χ0n) is 27.5. The largest absolute Gasteiger partial charge is 0.363 e. The molecule has 5 N–H and O–H groups in total. The summed E-state index contributed by atoms with van der Waals surface area (Å²) >= 11 is 1.57. The number of thiazole rings is 1. The van der Waals surface area contributed by atoms with Gasteiger partial charge in [-0.1, -0.05) is 73.1 Å². The molecule has 2 saturated carbocycles. The van der Waals surface area contributed by atoms with Crippen LogP contribution in [0.15, 0.2) is 11.6 Å². The molecule has 1 aromatic heterocycles. The predicted molar refractivity (Wildman–Crippen MR) is 173 cm³/mol. The molecule has 3 fully saturated rings. The summed E-state index contributed by atoms with van der Waals surface area (Å²) in [7, 11) is 0. The van der Waals surface area contributed by atoms with Crippen molar-refractivity contribution < 1.29 is 24.0 Å². The van der Waals surface area contributed by atoms with Crippen molar-refractivity contribution in [2.24, 2.45) is 28.9 Å². The van der Waals surface area contributed by atoms with Gasteiger partial charge in [0.2, 0.25) is 17.6 Å². The SMILES string of the molecule is CC(C)[C@H]1CCN(C(=O)[C@@H](NC(=O)NC2(Cc3nccs3)CCCCC2)C(C)(C)C)[C@@H]1C(=O)NC(CC1CCC1)C(=O)C(N)=O. The Bertz CT molecular complexity index is 1220. The molecule has 2 heterocycles. The van der Waals surface area contributed by atoms with Gasteiger partial charge in [0.15, 0.2) is 0 Å². The van der Waals surface area contributed by atoms with Crippen molar-refractivity contribution in [1.82, 2.24) is 25.8 Å². The summed E-state index contributed by atoms with van der Waals surface area (Å²) in [6, 6.07) is -3.17. The van der Waals surface area contributed by atoms with E-state index in [-0.39, 0.29) is 23.7 Å². The molecule has 0 bridgehead atoms. The Labute approximate surface area is 271 Å². The van der Waals surface area contributed by atoms with Gasteiger partial charge in [0.1, 0.15) is 12.1 Å². The van der Waals surface area contributed by atoms with Crippen LogP contribution in [0.1, 0.15) is 104 Å². The quantitative estimate of drug-likeness (QED) is 0.254. The lowest BCUT2D eigenvalue weighted by molar-refractivity contribution is -0.144. The van der Waals surface area contributed by atoms with Crippen molar-refractivity contribution in [3.8, 4) is 0 Å². The minimum Gasteiger partial charge on any atom is -0.363 e. The molecule has 45 heavy (non-hydrogen) atoms. The molecule has 250 valence electrons. The number of urea groups is 1. The van der Waals surface area contributed by atoms with Crippen LogP contribution in [0.4, 0.5) is 4.79 Å². The highest BCUT2D eigenvalue weighted by Crippen LogP contribution is 2.35. The van der Waals surface area contributed by atoms with Gasteiger partial charge >= 0.3 is 6.03 Å². The van der Waals surface area contributed by atoms with E-state index >= 15 is 0 Å². The maximum atomic E-state index is 14.4. The monoisotopic (exact) mass is 644 g/mol. The first-order valence-corrected chi connectivity index (χ1v) is 17.5. The molecule has 1 unspecified atom stereocenters. The fraction of sp³-hybridized carbons (Fsp3) is 0.758. The van der Waals surface area contributed by atoms with Crippen LogP contribution in [0.2, 0.25) is 0 Å². The van der Waals surface area contributed by atoms with Crippen molar-refractivity contribution in [3.05, 3.63) is 16.6 Å². The van der Waals surface area contributed by atoms with Crippen LogP contribution in [-0.4, -0.2) is 69.6 Å². The number of nitrogens with two attached hydrogens (primary N) is 1. The van der Waals surface area contributed by atoms with E-state index in [1.165, 1.54) is 0 Å². The maximum absolute atomic E-state index is 14.4. The highest BCUT2D eigenvalue weighted by atomic mass is 32.1. The van der Waals surface area contributed by atoms with E-state index in [1.807, 2.05) is 40.0 Å². The number of ketones is 1. The summed E-state index contributed by atoms with van der Waals surface area (Å²) in [5.74, 6) is -2.51. The lowest BCUT2D eigenvalue weighted by Gasteiger charge is -2.40. The molecule has 2 aliphatic carbocycles. The molecular formula is C33H52N6O5S. The highest BCUT2D eigenvalue weighted by Gasteiger charge is 2.48. The molecular weight excluding hydrogens is 592 g/mol. The van der Waals surface area contributed by atoms with E-state index in [1.54, 1.807) is 22.4 Å². The van der Waals surface area contributed by atoms with Gasteiger partial charge in [-0.25, -0.2) is 9.78 Å². The third kappa shape index (κ3) is 8.62. The van der Waals surface area contributed by atoms with Crippen LogP contribution in [-0.2, 0) is 25.6 Å². The Kier molecular flexibility index (Phi) is 11.3. The molecule has 3 aliphatic rings. The number of carbonyl (C=O) groups is 5. The molecule has 4 rings (SSSR count). The number of rotatable bonds is 12. The molecule has 1 saturated heterocycles. The molecule has 0 radical (unpaired) electrons. The number of amides is 5. The summed E-state index contributed by atoms with van der Waals surface area (Å²) in [6.07, 6.45) is 11.1. The lowest BCUT2D eigenvalue weighted by Crippen LogP contribution is -2.63. The molecule has 4 atom stereocenters. The molecule has 0 spiro atoms. The fourth-order valence-electron chi connectivity index (χ4n) is 7.25. The topological polar surface area (TPSA) is 164 Å². The third-order valence-electron chi connectivity index (χ3n) is 10.1. The Morgan fingerprint density at radius 3 is 2.27 bits per heavy atom. The zero-order chi connectivity index (χ0) is 32.9. The van der Waals surface area contributed by atoms with Crippen molar-refractivity contribution in [2.75, 3.05) is 6.54 Å². The van der Waals surface area contributed by atoms with Crippen LogP contribution in [0, 0.1) is 23.2 Å². The lowest BCUT2D eigenvalue weighted by atomic mass is 9.79. The van der Waals surface area contributed by atoms with Crippen LogP contribution < -0.4 is 21.7 Å². The Hall–Kier alpha value is -3.02. The van der Waals surface area contributed by atoms with Gasteiger partial charge in [-0.05, 0) is 48.9 Å². The first-order valence-electron chi connectivity index (χ1n) is 16.6. The summed E-state index contributed by atoms with van der Waals surface area (Å²) in [4.78, 5) is 72.5. The second kappa shape index (κ2) is 14.6. The zero-order valence-corrected chi connectivity index (χ0v) is 28.3. The van der Waals surface area contributed by atoms with Crippen molar-refractivity contribution in [3.63, 3.8) is 0 Å². The summed E-state index contributed by atoms with van der Waals surface area (Å²) < 4.78 is 0. The average Bonchev–Trinajstić information content (AvgIpc) is 3.62. The van der Waals surface area contributed by atoms with Gasteiger partial charge in [0, 0.05) is 30.1 Å². The molecule has 1 aliphatic heterocycles. The van der Waals surface area contributed by atoms with Crippen molar-refractivity contribution >= 4 is 40.9 Å². The third-order valence-corrected chi connectivity index (χ3v) is 10.9. The van der Waals surface area contributed by atoms with E-state index in [0.717, 1.165) is 56.4 Å². The van der Waals surface area contributed by atoms with E-state index < -0.39 is 52.7 Å². The van der Waals surface area contributed by atoms with Crippen LogP contribution in [0.3, 0.4) is 0 Å². The van der Waals surface area contributed by atoms with E-state index in [2.05, 4.69) is 20.9 Å². The average molecular weight is 645 g/mol. The van der Waals surface area contributed by atoms with Crippen molar-refractivity contribution in [1.29, 1.82) is 0 Å². The molecule has 12 heteroatoms. The van der Waals surface area contributed by atoms with E-state index in [4.69, 9.17) is 5.73 Å². The predicted octanol–water partition coefficient (Wildman–Crippen LogP) is 3.70. The minimum absolute atomic E-state index is 0.0804. The number of carbonyl (C=O) groups excluding carboxylic acids is 5. The Balaban J connectivity index is 1.53. The maximum Gasteiger partial charge on any atom is 0.315 e. The normalized spacial score (nSPS) is 23.1. The number of primary amides is 1.